The fourth-order valence-electron chi connectivity index (χ4n) is 2.16. The molecule has 18 heavy (non-hydrogen) atoms. The minimum atomic E-state index is 0. The molecule has 5 heteroatoms. The van der Waals surface area contributed by atoms with Crippen molar-refractivity contribution < 1.29 is 4.79 Å². The molecular weight excluding hydrogens is 363 g/mol. The van der Waals surface area contributed by atoms with Crippen molar-refractivity contribution in [2.45, 2.75) is 18.9 Å². The molecule has 0 saturated carbocycles. The molecule has 1 aromatic rings. The van der Waals surface area contributed by atoms with Crippen LogP contribution in [0.5, 0.6) is 0 Å². The first-order chi connectivity index (χ1) is 8.18. The van der Waals surface area contributed by atoms with E-state index in [1.54, 1.807) is 0 Å². The molecular formula is C13H18ClIN2O. The zero-order valence-electron chi connectivity index (χ0n) is 10.4. The van der Waals surface area contributed by atoms with Crippen molar-refractivity contribution in [1.82, 2.24) is 10.2 Å². The number of carbonyl (C=O) groups excluding carboxylic acids is 1. The van der Waals surface area contributed by atoms with Gasteiger partial charge in [-0.25, -0.2) is 0 Å². The molecule has 1 aromatic carbocycles. The minimum Gasteiger partial charge on any atom is -0.339 e. The van der Waals surface area contributed by atoms with E-state index in [0.29, 0.717) is 6.04 Å². The van der Waals surface area contributed by atoms with E-state index >= 15 is 0 Å². The Morgan fingerprint density at radius 1 is 1.28 bits per heavy atom. The Labute approximate surface area is 128 Å². The summed E-state index contributed by atoms with van der Waals surface area (Å²) in [4.78, 5) is 14.2. The third kappa shape index (κ3) is 3.83. The van der Waals surface area contributed by atoms with E-state index in [4.69, 9.17) is 0 Å². The molecule has 0 bridgehead atoms. The number of nitrogens with zero attached hydrogens (tertiary/aromatic N) is 1. The number of halogens is 2. The van der Waals surface area contributed by atoms with Gasteiger partial charge >= 0.3 is 0 Å². The maximum atomic E-state index is 12.3. The number of piperidine rings is 1. The quantitative estimate of drug-likeness (QED) is 0.800. The second kappa shape index (κ2) is 7.31. The van der Waals surface area contributed by atoms with Gasteiger partial charge in [-0.1, -0.05) is 0 Å². The zero-order valence-corrected chi connectivity index (χ0v) is 13.3. The second-order valence-corrected chi connectivity index (χ2v) is 5.65. The summed E-state index contributed by atoms with van der Waals surface area (Å²) in [5.74, 6) is 0.133. The third-order valence-electron chi connectivity index (χ3n) is 3.27. The van der Waals surface area contributed by atoms with Crippen LogP contribution >= 0.6 is 35.0 Å². The van der Waals surface area contributed by atoms with Crippen LogP contribution < -0.4 is 5.32 Å². The van der Waals surface area contributed by atoms with Crippen LogP contribution in [0.15, 0.2) is 24.3 Å². The van der Waals surface area contributed by atoms with Crippen LogP contribution in [0.2, 0.25) is 0 Å². The van der Waals surface area contributed by atoms with Crippen LogP contribution in [-0.4, -0.2) is 37.0 Å². The van der Waals surface area contributed by atoms with E-state index in [2.05, 4.69) is 27.9 Å². The van der Waals surface area contributed by atoms with E-state index in [9.17, 15) is 4.79 Å². The maximum absolute atomic E-state index is 12.3. The number of hydrogen-bond acceptors (Lipinski definition) is 2. The van der Waals surface area contributed by atoms with Crippen LogP contribution in [0.1, 0.15) is 23.2 Å². The highest BCUT2D eigenvalue weighted by atomic mass is 127. The lowest BCUT2D eigenvalue weighted by molar-refractivity contribution is 0.0703. The topological polar surface area (TPSA) is 32.3 Å². The SMILES string of the molecule is CN(C(=O)c1ccc(I)cc1)C1CCNCC1.Cl. The van der Waals surface area contributed by atoms with Gasteiger partial charge in [0.25, 0.3) is 5.91 Å². The fraction of sp³-hybridized carbons (Fsp3) is 0.462. The molecule has 1 aliphatic heterocycles. The van der Waals surface area contributed by atoms with Gasteiger partial charge in [-0.15, -0.1) is 12.4 Å². The van der Waals surface area contributed by atoms with Crippen LogP contribution in [0.25, 0.3) is 0 Å². The number of amides is 1. The molecule has 0 spiro atoms. The molecule has 1 fully saturated rings. The van der Waals surface area contributed by atoms with Crippen molar-refractivity contribution >= 4 is 40.9 Å². The fourth-order valence-corrected chi connectivity index (χ4v) is 2.52. The predicted octanol–water partition coefficient (Wildman–Crippen LogP) is 2.54. The standard InChI is InChI=1S/C13H17IN2O.ClH/c1-16(12-6-8-15-9-7-12)13(17)10-2-4-11(14)5-3-10;/h2-5,12,15H,6-9H2,1H3;1H. The first kappa shape index (κ1) is 15.7. The molecule has 0 unspecified atom stereocenters. The molecule has 3 nitrogen and oxygen atoms in total. The highest BCUT2D eigenvalue weighted by Crippen LogP contribution is 2.14. The Kier molecular flexibility index (Phi) is 6.38. The van der Waals surface area contributed by atoms with Crippen molar-refractivity contribution in [2.75, 3.05) is 20.1 Å². The summed E-state index contributed by atoms with van der Waals surface area (Å²) in [7, 11) is 1.91. The summed E-state index contributed by atoms with van der Waals surface area (Å²) in [5.41, 5.74) is 0.784. The van der Waals surface area contributed by atoms with Crippen molar-refractivity contribution in [3.63, 3.8) is 0 Å². The number of carbonyl (C=O) groups is 1. The van der Waals surface area contributed by atoms with Crippen LogP contribution in [0, 0.1) is 3.57 Å². The average Bonchev–Trinajstić information content (AvgIpc) is 2.39. The zero-order chi connectivity index (χ0) is 12.3. The van der Waals surface area contributed by atoms with E-state index < -0.39 is 0 Å². The Morgan fingerprint density at radius 2 is 1.83 bits per heavy atom. The number of hydrogen-bond donors (Lipinski definition) is 1. The van der Waals surface area contributed by atoms with Crippen molar-refractivity contribution in [2.24, 2.45) is 0 Å². The highest BCUT2D eigenvalue weighted by Gasteiger charge is 2.22. The lowest BCUT2D eigenvalue weighted by Crippen LogP contribution is -2.43. The first-order valence-corrected chi connectivity index (χ1v) is 7.00. The van der Waals surface area contributed by atoms with Gasteiger partial charge < -0.3 is 10.2 Å². The number of nitrogens with one attached hydrogen (secondary N) is 1. The van der Waals surface area contributed by atoms with Gasteiger partial charge in [0, 0.05) is 22.2 Å². The molecule has 2 rings (SSSR count). The summed E-state index contributed by atoms with van der Waals surface area (Å²) in [6.07, 6.45) is 2.10. The normalized spacial score (nSPS) is 15.9. The van der Waals surface area contributed by atoms with Crippen molar-refractivity contribution in [1.29, 1.82) is 0 Å². The Bertz CT molecular complexity index is 390. The predicted molar refractivity (Wildman–Crippen MR) is 84.4 cm³/mol. The summed E-state index contributed by atoms with van der Waals surface area (Å²) >= 11 is 2.25. The molecule has 1 saturated heterocycles. The van der Waals surface area contributed by atoms with Gasteiger partial charge in [-0.3, -0.25) is 4.79 Å². The van der Waals surface area contributed by atoms with E-state index in [-0.39, 0.29) is 18.3 Å². The third-order valence-corrected chi connectivity index (χ3v) is 3.99. The Morgan fingerprint density at radius 3 is 2.39 bits per heavy atom. The van der Waals surface area contributed by atoms with Crippen molar-refractivity contribution in [3.8, 4) is 0 Å². The van der Waals surface area contributed by atoms with Crippen LogP contribution in [-0.2, 0) is 0 Å². The van der Waals surface area contributed by atoms with Crippen LogP contribution in [0.4, 0.5) is 0 Å². The minimum absolute atomic E-state index is 0. The molecule has 1 heterocycles. The molecule has 0 atom stereocenters. The van der Waals surface area contributed by atoms with E-state index in [1.165, 1.54) is 0 Å². The van der Waals surface area contributed by atoms with Gasteiger partial charge in [0.1, 0.15) is 0 Å². The molecule has 0 aliphatic carbocycles. The van der Waals surface area contributed by atoms with E-state index in [1.807, 2.05) is 36.2 Å². The number of benzene rings is 1. The van der Waals surface area contributed by atoms with Gasteiger partial charge in [-0.2, -0.15) is 0 Å². The summed E-state index contributed by atoms with van der Waals surface area (Å²) in [6.45, 7) is 2.02. The largest absolute Gasteiger partial charge is 0.339 e. The summed E-state index contributed by atoms with van der Waals surface area (Å²) in [5, 5.41) is 3.32. The van der Waals surface area contributed by atoms with E-state index in [0.717, 1.165) is 35.1 Å². The second-order valence-electron chi connectivity index (χ2n) is 4.40. The molecule has 1 aliphatic rings. The molecule has 0 radical (unpaired) electrons. The molecule has 1 N–H and O–H groups in total. The highest BCUT2D eigenvalue weighted by molar-refractivity contribution is 14.1. The van der Waals surface area contributed by atoms with Gasteiger partial charge in [0.05, 0.1) is 0 Å². The van der Waals surface area contributed by atoms with Gasteiger partial charge in [0.15, 0.2) is 0 Å². The monoisotopic (exact) mass is 380 g/mol. The molecule has 0 aromatic heterocycles. The average molecular weight is 381 g/mol. The summed E-state index contributed by atoms with van der Waals surface area (Å²) in [6, 6.07) is 8.14. The first-order valence-electron chi connectivity index (χ1n) is 5.92. The smallest absolute Gasteiger partial charge is 0.253 e. The summed E-state index contributed by atoms with van der Waals surface area (Å²) < 4.78 is 1.16. The number of rotatable bonds is 2. The van der Waals surface area contributed by atoms with Crippen LogP contribution in [0.3, 0.4) is 0 Å². The Balaban J connectivity index is 0.00000162. The molecule has 1 amide bonds. The Hall–Kier alpha value is -0.330. The lowest BCUT2D eigenvalue weighted by Gasteiger charge is -2.31. The van der Waals surface area contributed by atoms with Gasteiger partial charge in [-0.05, 0) is 72.8 Å². The lowest BCUT2D eigenvalue weighted by atomic mass is 10.0. The van der Waals surface area contributed by atoms with Crippen molar-refractivity contribution in [3.05, 3.63) is 33.4 Å². The van der Waals surface area contributed by atoms with Gasteiger partial charge in [0.2, 0.25) is 0 Å². The maximum Gasteiger partial charge on any atom is 0.253 e. The molecule has 100 valence electrons.